The van der Waals surface area contributed by atoms with Gasteiger partial charge in [0.25, 0.3) is 0 Å². The van der Waals surface area contributed by atoms with E-state index >= 15 is 0 Å². The van der Waals surface area contributed by atoms with E-state index in [1.165, 1.54) is 21.8 Å². The highest BCUT2D eigenvalue weighted by atomic mass is 14.7. The minimum absolute atomic E-state index is 1.04. The van der Waals surface area contributed by atoms with E-state index in [1.807, 2.05) is 0 Å². The molecule has 0 atom stereocenters. The number of hydrogen-bond donors (Lipinski definition) is 1. The van der Waals surface area contributed by atoms with Crippen molar-refractivity contribution < 1.29 is 0 Å². The largest absolute Gasteiger partial charge is 0.355 e. The number of hydrogen-bond acceptors (Lipinski definition) is 0. The van der Waals surface area contributed by atoms with Crippen molar-refractivity contribution in [1.82, 2.24) is 4.98 Å². The summed E-state index contributed by atoms with van der Waals surface area (Å²) in [7, 11) is 0. The van der Waals surface area contributed by atoms with Crippen LogP contribution < -0.4 is 10.7 Å². The summed E-state index contributed by atoms with van der Waals surface area (Å²) in [5.41, 5.74) is 2.75. The van der Waals surface area contributed by atoms with Crippen LogP contribution in [-0.4, -0.2) is 4.98 Å². The van der Waals surface area contributed by atoms with Crippen LogP contribution in [-0.2, 0) is 6.42 Å². The average Bonchev–Trinajstić information content (AvgIpc) is 2.42. The summed E-state index contributed by atoms with van der Waals surface area (Å²) in [6.07, 6.45) is 18.0. The zero-order valence-electron chi connectivity index (χ0n) is 7.83. The van der Waals surface area contributed by atoms with Crippen molar-refractivity contribution in [3.8, 4) is 0 Å². The van der Waals surface area contributed by atoms with Gasteiger partial charge in [0.1, 0.15) is 0 Å². The van der Waals surface area contributed by atoms with E-state index in [9.17, 15) is 0 Å². The Labute approximate surface area is 82.5 Å². The SMILES string of the molecule is C1=CC=c2[nH]c3c(c2C=C1)CC=CC=3. The number of fused-ring (bicyclic) bond motifs is 3. The zero-order chi connectivity index (χ0) is 9.38. The normalized spacial score (nSPS) is 16.6. The summed E-state index contributed by atoms with van der Waals surface area (Å²) in [4.78, 5) is 3.43. The van der Waals surface area contributed by atoms with E-state index in [2.05, 4.69) is 53.6 Å². The first-order chi connectivity index (χ1) is 6.95. The van der Waals surface area contributed by atoms with Crippen molar-refractivity contribution in [2.75, 3.05) is 0 Å². The van der Waals surface area contributed by atoms with Crippen LogP contribution >= 0.6 is 0 Å². The van der Waals surface area contributed by atoms with E-state index in [4.69, 9.17) is 0 Å². The molecule has 0 saturated carbocycles. The molecule has 14 heavy (non-hydrogen) atoms. The third-order valence-electron chi connectivity index (χ3n) is 2.68. The van der Waals surface area contributed by atoms with Gasteiger partial charge < -0.3 is 4.98 Å². The van der Waals surface area contributed by atoms with Gasteiger partial charge >= 0.3 is 0 Å². The van der Waals surface area contributed by atoms with Gasteiger partial charge in [0.2, 0.25) is 0 Å². The molecule has 2 aliphatic rings. The molecule has 0 unspecified atom stereocenters. The van der Waals surface area contributed by atoms with Gasteiger partial charge in [0.05, 0.1) is 0 Å². The number of rotatable bonds is 0. The number of H-pyrrole nitrogens is 1. The first-order valence-electron chi connectivity index (χ1n) is 4.88. The summed E-state index contributed by atoms with van der Waals surface area (Å²) in [5, 5.41) is 2.48. The van der Waals surface area contributed by atoms with Gasteiger partial charge in [-0.3, -0.25) is 0 Å². The van der Waals surface area contributed by atoms with Gasteiger partial charge in [-0.25, -0.2) is 0 Å². The fourth-order valence-electron chi connectivity index (χ4n) is 2.00. The van der Waals surface area contributed by atoms with Crippen LogP contribution in [0.5, 0.6) is 0 Å². The molecule has 3 rings (SSSR count). The van der Waals surface area contributed by atoms with Gasteiger partial charge in [-0.1, -0.05) is 36.5 Å². The molecule has 68 valence electrons. The summed E-state index contributed by atoms with van der Waals surface area (Å²) in [5.74, 6) is 0. The number of allylic oxidation sites excluding steroid dienone is 5. The molecule has 1 aromatic heterocycles. The molecular weight excluding hydrogens is 170 g/mol. The predicted octanol–water partition coefficient (Wildman–Crippen LogP) is 1.27. The Hall–Kier alpha value is -1.76. The minimum atomic E-state index is 1.04. The van der Waals surface area contributed by atoms with Gasteiger partial charge in [-0.15, -0.1) is 0 Å². The van der Waals surface area contributed by atoms with Crippen LogP contribution in [0.1, 0.15) is 11.1 Å². The lowest BCUT2D eigenvalue weighted by Crippen LogP contribution is -2.12. The first-order valence-corrected chi connectivity index (χ1v) is 4.88. The Kier molecular flexibility index (Phi) is 1.57. The molecule has 0 fully saturated rings. The summed E-state index contributed by atoms with van der Waals surface area (Å²) < 4.78 is 0. The lowest BCUT2D eigenvalue weighted by molar-refractivity contribution is 1.19. The molecule has 1 N–H and O–H groups in total. The van der Waals surface area contributed by atoms with Crippen LogP contribution in [0.25, 0.3) is 18.2 Å². The second-order valence-corrected chi connectivity index (χ2v) is 3.55. The Morgan fingerprint density at radius 3 is 2.86 bits per heavy atom. The second-order valence-electron chi connectivity index (χ2n) is 3.55. The zero-order valence-corrected chi connectivity index (χ0v) is 7.83. The molecular formula is C13H11N. The van der Waals surface area contributed by atoms with Crippen LogP contribution in [0.15, 0.2) is 30.4 Å². The summed E-state index contributed by atoms with van der Waals surface area (Å²) >= 11 is 0. The van der Waals surface area contributed by atoms with E-state index in [0.29, 0.717) is 0 Å². The minimum Gasteiger partial charge on any atom is -0.355 e. The monoisotopic (exact) mass is 181 g/mol. The van der Waals surface area contributed by atoms with E-state index in [0.717, 1.165) is 6.42 Å². The van der Waals surface area contributed by atoms with E-state index in [1.54, 1.807) is 0 Å². The van der Waals surface area contributed by atoms with Crippen molar-refractivity contribution in [3.05, 3.63) is 52.2 Å². The lowest BCUT2D eigenvalue weighted by Gasteiger charge is -1.98. The molecule has 0 bridgehead atoms. The van der Waals surface area contributed by atoms with Gasteiger partial charge in [0.15, 0.2) is 0 Å². The smallest absolute Gasteiger partial charge is 0.0461 e. The second kappa shape index (κ2) is 2.88. The van der Waals surface area contributed by atoms with Gasteiger partial charge in [-0.05, 0) is 24.1 Å². The van der Waals surface area contributed by atoms with Crippen LogP contribution in [0.3, 0.4) is 0 Å². The fraction of sp³-hybridized carbons (Fsp3) is 0.0769. The molecule has 1 heteroatoms. The van der Waals surface area contributed by atoms with Gasteiger partial charge in [0, 0.05) is 16.3 Å². The third kappa shape index (κ3) is 1.02. The number of nitrogens with one attached hydrogen (secondary N) is 1. The first kappa shape index (κ1) is 7.63. The van der Waals surface area contributed by atoms with Gasteiger partial charge in [-0.2, -0.15) is 0 Å². The highest BCUT2D eigenvalue weighted by molar-refractivity contribution is 5.63. The predicted molar refractivity (Wildman–Crippen MR) is 60.0 cm³/mol. The molecule has 0 radical (unpaired) electrons. The molecule has 0 saturated heterocycles. The van der Waals surface area contributed by atoms with Crippen molar-refractivity contribution in [2.45, 2.75) is 6.42 Å². The van der Waals surface area contributed by atoms with E-state index < -0.39 is 0 Å². The molecule has 1 nitrogen and oxygen atoms in total. The maximum Gasteiger partial charge on any atom is 0.0461 e. The fourth-order valence-corrected chi connectivity index (χ4v) is 2.00. The maximum atomic E-state index is 3.43. The Balaban J connectivity index is 2.40. The summed E-state index contributed by atoms with van der Waals surface area (Å²) in [6, 6.07) is 0. The lowest BCUT2D eigenvalue weighted by atomic mass is 10.1. The van der Waals surface area contributed by atoms with Crippen molar-refractivity contribution in [1.29, 1.82) is 0 Å². The molecule has 0 spiro atoms. The van der Waals surface area contributed by atoms with Crippen LogP contribution in [0.2, 0.25) is 0 Å². The average molecular weight is 181 g/mol. The molecule has 0 aromatic carbocycles. The van der Waals surface area contributed by atoms with E-state index in [-0.39, 0.29) is 0 Å². The van der Waals surface area contributed by atoms with Crippen molar-refractivity contribution >= 4 is 18.2 Å². The molecule has 0 aliphatic heterocycles. The van der Waals surface area contributed by atoms with Crippen molar-refractivity contribution in [3.63, 3.8) is 0 Å². The highest BCUT2D eigenvalue weighted by Crippen LogP contribution is 2.07. The van der Waals surface area contributed by atoms with Crippen molar-refractivity contribution in [2.24, 2.45) is 0 Å². The molecule has 0 amide bonds. The van der Waals surface area contributed by atoms with Crippen LogP contribution in [0, 0.1) is 0 Å². The Bertz CT molecular complexity index is 565. The molecule has 1 aromatic rings. The maximum absolute atomic E-state index is 3.43. The third-order valence-corrected chi connectivity index (χ3v) is 2.68. The number of aromatic amines is 1. The summed E-state index contributed by atoms with van der Waals surface area (Å²) in [6.45, 7) is 0. The standard InChI is InChI=1S/C13H11N/c1-2-6-10-11-7-4-5-9-13(11)14-12(10)8-3-1/h1-6,8-9,14H,7H2. The Morgan fingerprint density at radius 1 is 0.929 bits per heavy atom. The topological polar surface area (TPSA) is 15.8 Å². The Morgan fingerprint density at radius 2 is 1.86 bits per heavy atom. The molecule has 2 aliphatic carbocycles. The highest BCUT2D eigenvalue weighted by Gasteiger charge is 2.07. The van der Waals surface area contributed by atoms with Crippen LogP contribution in [0.4, 0.5) is 0 Å². The quantitative estimate of drug-likeness (QED) is 0.620. The molecule has 1 heterocycles. The number of aromatic nitrogens is 1.